The molecule has 0 N–H and O–H groups in total. The van der Waals surface area contributed by atoms with Crippen molar-refractivity contribution in [1.29, 1.82) is 0 Å². The van der Waals surface area contributed by atoms with Gasteiger partial charge in [-0.25, -0.2) is 0 Å². The third kappa shape index (κ3) is 1.56. The Morgan fingerprint density at radius 1 is 0.933 bits per heavy atom. The van der Waals surface area contributed by atoms with E-state index in [4.69, 9.17) is 0 Å². The largest absolute Gasteiger partial charge is 0.0802 e. The minimum absolute atomic E-state index is 0.586. The summed E-state index contributed by atoms with van der Waals surface area (Å²) < 4.78 is 0. The van der Waals surface area contributed by atoms with E-state index in [-0.39, 0.29) is 0 Å². The monoisotopic (exact) mass is 194 g/mol. The molecule has 0 nitrogen and oxygen atoms in total. The van der Waals surface area contributed by atoms with Crippen LogP contribution in [0, 0.1) is 11.8 Å². The van der Waals surface area contributed by atoms with Crippen LogP contribution in [0.1, 0.15) is 11.1 Å². The van der Waals surface area contributed by atoms with Crippen molar-refractivity contribution in [3.8, 4) is 0 Å². The second kappa shape index (κ2) is 3.54. The predicted octanol–water partition coefficient (Wildman–Crippen LogP) is 3.61. The molecule has 2 atom stereocenters. The summed E-state index contributed by atoms with van der Waals surface area (Å²) in [7, 11) is 0. The molecule has 1 aromatic carbocycles. The quantitative estimate of drug-likeness (QED) is 0.591. The number of fused-ring (bicyclic) bond motifs is 2. The molecule has 2 aliphatic rings. The maximum absolute atomic E-state index is 2.33. The summed E-state index contributed by atoms with van der Waals surface area (Å²) >= 11 is 0. The minimum Gasteiger partial charge on any atom is -0.0802 e. The molecule has 0 radical (unpaired) electrons. The summed E-state index contributed by atoms with van der Waals surface area (Å²) in [5.41, 5.74) is 2.86. The van der Waals surface area contributed by atoms with Gasteiger partial charge in [0.25, 0.3) is 0 Å². The van der Waals surface area contributed by atoms with E-state index in [9.17, 15) is 0 Å². The molecule has 0 bridgehead atoms. The Kier molecular flexibility index (Phi) is 2.06. The van der Waals surface area contributed by atoms with Crippen molar-refractivity contribution in [3.05, 3.63) is 65.8 Å². The first-order valence-electron chi connectivity index (χ1n) is 5.54. The number of benzene rings is 1. The van der Waals surface area contributed by atoms with Crippen LogP contribution in [0.15, 0.2) is 54.6 Å². The summed E-state index contributed by atoms with van der Waals surface area (Å²) in [4.78, 5) is 0. The Morgan fingerprint density at radius 3 is 2.80 bits per heavy atom. The summed E-state index contributed by atoms with van der Waals surface area (Å²) in [6.07, 6.45) is 14.7. The fourth-order valence-corrected chi connectivity index (χ4v) is 2.43. The van der Waals surface area contributed by atoms with Crippen molar-refractivity contribution in [2.45, 2.75) is 6.42 Å². The van der Waals surface area contributed by atoms with Crippen molar-refractivity contribution in [2.75, 3.05) is 0 Å². The zero-order valence-electron chi connectivity index (χ0n) is 8.64. The Hall–Kier alpha value is -1.56. The van der Waals surface area contributed by atoms with Gasteiger partial charge in [-0.3, -0.25) is 0 Å². The molecule has 0 saturated heterocycles. The lowest BCUT2D eigenvalue weighted by Gasteiger charge is -2.19. The fourth-order valence-electron chi connectivity index (χ4n) is 2.43. The van der Waals surface area contributed by atoms with Crippen LogP contribution in [0.3, 0.4) is 0 Å². The highest BCUT2D eigenvalue weighted by molar-refractivity contribution is 5.56. The van der Waals surface area contributed by atoms with Crippen LogP contribution in [0.5, 0.6) is 0 Å². The molecule has 2 aliphatic carbocycles. The Bertz CT molecular complexity index is 449. The molecular formula is C15H14. The minimum atomic E-state index is 0.586. The van der Waals surface area contributed by atoms with Gasteiger partial charge in [0.15, 0.2) is 0 Å². The summed E-state index contributed by atoms with van der Waals surface area (Å²) in [6, 6.07) is 8.70. The third-order valence-electron chi connectivity index (χ3n) is 3.31. The fraction of sp³-hybridized carbons (Fsp3) is 0.200. The molecule has 0 heteroatoms. The van der Waals surface area contributed by atoms with E-state index in [0.717, 1.165) is 6.42 Å². The second-order valence-corrected chi connectivity index (χ2v) is 4.27. The van der Waals surface area contributed by atoms with E-state index >= 15 is 0 Å². The smallest absolute Gasteiger partial charge is 0.00191 e. The van der Waals surface area contributed by atoms with Crippen LogP contribution in [-0.4, -0.2) is 0 Å². The summed E-state index contributed by atoms with van der Waals surface area (Å²) in [5, 5.41) is 0. The topological polar surface area (TPSA) is 0 Å². The van der Waals surface area contributed by atoms with Gasteiger partial charge in [0.2, 0.25) is 0 Å². The van der Waals surface area contributed by atoms with Gasteiger partial charge in [0.05, 0.1) is 0 Å². The molecule has 0 fully saturated rings. The molecule has 74 valence electrons. The van der Waals surface area contributed by atoms with Crippen molar-refractivity contribution in [2.24, 2.45) is 11.8 Å². The van der Waals surface area contributed by atoms with Crippen molar-refractivity contribution < 1.29 is 0 Å². The predicted molar refractivity (Wildman–Crippen MR) is 64.4 cm³/mol. The van der Waals surface area contributed by atoms with Gasteiger partial charge in [-0.1, -0.05) is 60.7 Å². The number of rotatable bonds is 0. The lowest BCUT2D eigenvalue weighted by Crippen LogP contribution is -2.12. The van der Waals surface area contributed by atoms with Crippen molar-refractivity contribution in [1.82, 2.24) is 0 Å². The average Bonchev–Trinajstić information content (AvgIpc) is 2.48. The number of allylic oxidation sites excluding steroid dienone is 5. The lowest BCUT2D eigenvalue weighted by atomic mass is 9.85. The van der Waals surface area contributed by atoms with Crippen LogP contribution in [0.4, 0.5) is 0 Å². The zero-order valence-corrected chi connectivity index (χ0v) is 8.64. The normalized spacial score (nSPS) is 26.9. The molecule has 1 aromatic rings. The molecule has 2 unspecified atom stereocenters. The van der Waals surface area contributed by atoms with Crippen LogP contribution >= 0.6 is 0 Å². The number of hydrogen-bond acceptors (Lipinski definition) is 0. The lowest BCUT2D eigenvalue weighted by molar-refractivity contribution is 0.553. The van der Waals surface area contributed by atoms with Gasteiger partial charge in [-0.05, 0) is 23.5 Å². The van der Waals surface area contributed by atoms with E-state index in [0.29, 0.717) is 11.8 Å². The molecule has 0 spiro atoms. The van der Waals surface area contributed by atoms with E-state index in [1.807, 2.05) is 0 Å². The highest BCUT2D eigenvalue weighted by atomic mass is 14.2. The SMILES string of the molecule is C1=CC2C=Cc3ccccc3CC2C=C1. The van der Waals surface area contributed by atoms with Crippen LogP contribution < -0.4 is 0 Å². The zero-order chi connectivity index (χ0) is 10.1. The Morgan fingerprint density at radius 2 is 1.80 bits per heavy atom. The molecule has 0 saturated carbocycles. The van der Waals surface area contributed by atoms with Gasteiger partial charge in [0.1, 0.15) is 0 Å². The van der Waals surface area contributed by atoms with Gasteiger partial charge in [-0.15, -0.1) is 0 Å². The molecule has 15 heavy (non-hydrogen) atoms. The summed E-state index contributed by atoms with van der Waals surface area (Å²) in [6.45, 7) is 0. The van der Waals surface area contributed by atoms with Crippen LogP contribution in [-0.2, 0) is 6.42 Å². The van der Waals surface area contributed by atoms with E-state index < -0.39 is 0 Å². The van der Waals surface area contributed by atoms with Gasteiger partial charge in [0, 0.05) is 5.92 Å². The van der Waals surface area contributed by atoms with E-state index in [1.54, 1.807) is 0 Å². The van der Waals surface area contributed by atoms with Gasteiger partial charge >= 0.3 is 0 Å². The molecule has 3 rings (SSSR count). The average molecular weight is 194 g/mol. The van der Waals surface area contributed by atoms with Crippen LogP contribution in [0.25, 0.3) is 6.08 Å². The molecule has 0 aromatic heterocycles. The van der Waals surface area contributed by atoms with Crippen molar-refractivity contribution >= 4 is 6.08 Å². The van der Waals surface area contributed by atoms with E-state index in [1.165, 1.54) is 11.1 Å². The maximum Gasteiger partial charge on any atom is 0.00191 e. The van der Waals surface area contributed by atoms with E-state index in [2.05, 4.69) is 60.7 Å². The summed E-state index contributed by atoms with van der Waals surface area (Å²) in [5.74, 6) is 1.23. The molecule has 0 amide bonds. The molecule has 0 aliphatic heterocycles. The maximum atomic E-state index is 2.33. The third-order valence-corrected chi connectivity index (χ3v) is 3.31. The first-order valence-corrected chi connectivity index (χ1v) is 5.54. The Labute approximate surface area is 90.6 Å². The molecular weight excluding hydrogens is 180 g/mol. The highest BCUT2D eigenvalue weighted by Gasteiger charge is 2.19. The first kappa shape index (κ1) is 8.72. The first-order chi connectivity index (χ1) is 7.43. The number of hydrogen-bond donors (Lipinski definition) is 0. The standard InChI is InChI=1S/C15H14/c1-3-7-14-11-15-8-4-2-6-13(15)10-9-12(14)5-1/h1-10,12,14H,11H2. The van der Waals surface area contributed by atoms with Gasteiger partial charge in [-0.2, -0.15) is 0 Å². The van der Waals surface area contributed by atoms with Gasteiger partial charge < -0.3 is 0 Å². The molecule has 0 heterocycles. The Balaban J connectivity index is 2.04. The second-order valence-electron chi connectivity index (χ2n) is 4.27. The highest BCUT2D eigenvalue weighted by Crippen LogP contribution is 2.30. The van der Waals surface area contributed by atoms with Crippen molar-refractivity contribution in [3.63, 3.8) is 0 Å². The van der Waals surface area contributed by atoms with Crippen LogP contribution in [0.2, 0.25) is 0 Å².